The Hall–Kier alpha value is -2.96. The van der Waals surface area contributed by atoms with Gasteiger partial charge in [0.2, 0.25) is 5.91 Å². The fourth-order valence-corrected chi connectivity index (χ4v) is 2.85. The van der Waals surface area contributed by atoms with Crippen LogP contribution in [-0.4, -0.2) is 16.9 Å². The molecule has 0 saturated heterocycles. The zero-order valence-electron chi connectivity index (χ0n) is 12.2. The van der Waals surface area contributed by atoms with E-state index in [9.17, 15) is 14.0 Å². The van der Waals surface area contributed by atoms with E-state index in [0.29, 0.717) is 35.2 Å². The molecule has 1 aliphatic rings. The number of hydrogen-bond donors (Lipinski definition) is 3. The van der Waals surface area contributed by atoms with Crippen molar-refractivity contribution in [3.8, 4) is 0 Å². The lowest BCUT2D eigenvalue weighted by molar-refractivity contribution is 0.0999. The molecule has 0 spiro atoms. The normalized spacial score (nSPS) is 15.8. The number of benzene rings is 1. The summed E-state index contributed by atoms with van der Waals surface area (Å²) in [5.74, 6) is -1.04. The highest BCUT2D eigenvalue weighted by Gasteiger charge is 2.30. The van der Waals surface area contributed by atoms with Gasteiger partial charge in [0.05, 0.1) is 6.04 Å². The van der Waals surface area contributed by atoms with Crippen molar-refractivity contribution in [1.29, 1.82) is 0 Å². The number of nitrogens with two attached hydrogens (primary N) is 1. The fourth-order valence-electron chi connectivity index (χ4n) is 2.85. The highest BCUT2D eigenvalue weighted by Crippen LogP contribution is 2.35. The van der Waals surface area contributed by atoms with E-state index < -0.39 is 23.8 Å². The lowest BCUT2D eigenvalue weighted by atomic mass is 10.0. The van der Waals surface area contributed by atoms with Gasteiger partial charge in [0.1, 0.15) is 5.82 Å². The average molecular weight is 314 g/mol. The second kappa shape index (κ2) is 6.04. The topological polar surface area (TPSA) is 97.1 Å². The number of nitrogens with zero attached hydrogens (tertiary/aromatic N) is 1. The molecule has 7 heteroatoms. The SMILES string of the molecule is NC(=O)c1ccc(F)c2c1CCC2NC(=O)Nc1ccncc1. The number of aromatic nitrogens is 1. The number of halogens is 1. The van der Waals surface area contributed by atoms with Crippen LogP contribution in [0.5, 0.6) is 0 Å². The van der Waals surface area contributed by atoms with Gasteiger partial charge < -0.3 is 16.4 Å². The van der Waals surface area contributed by atoms with E-state index in [0.717, 1.165) is 0 Å². The van der Waals surface area contributed by atoms with Crippen molar-refractivity contribution < 1.29 is 14.0 Å². The van der Waals surface area contributed by atoms with E-state index in [1.165, 1.54) is 12.1 Å². The van der Waals surface area contributed by atoms with E-state index in [1.54, 1.807) is 24.5 Å². The van der Waals surface area contributed by atoms with Crippen LogP contribution in [0.25, 0.3) is 0 Å². The van der Waals surface area contributed by atoms with Crippen molar-refractivity contribution in [2.45, 2.75) is 18.9 Å². The van der Waals surface area contributed by atoms with Crippen LogP contribution in [0.15, 0.2) is 36.7 Å². The maximum atomic E-state index is 14.1. The van der Waals surface area contributed by atoms with Gasteiger partial charge in [0, 0.05) is 29.2 Å². The number of rotatable bonds is 3. The number of carbonyl (C=O) groups excluding carboxylic acids is 2. The summed E-state index contributed by atoms with van der Waals surface area (Å²) in [5, 5.41) is 5.38. The predicted molar refractivity (Wildman–Crippen MR) is 82.4 cm³/mol. The summed E-state index contributed by atoms with van der Waals surface area (Å²) in [6.07, 6.45) is 4.12. The molecule has 0 saturated carbocycles. The molecule has 1 aliphatic carbocycles. The molecular formula is C16H15FN4O2. The molecule has 0 fully saturated rings. The van der Waals surface area contributed by atoms with Crippen LogP contribution < -0.4 is 16.4 Å². The third-order valence-corrected chi connectivity index (χ3v) is 3.84. The summed E-state index contributed by atoms with van der Waals surface area (Å²) in [6, 6.07) is 4.95. The maximum absolute atomic E-state index is 14.1. The van der Waals surface area contributed by atoms with Gasteiger partial charge in [-0.3, -0.25) is 9.78 Å². The Labute approximate surface area is 131 Å². The van der Waals surface area contributed by atoms with E-state index >= 15 is 0 Å². The van der Waals surface area contributed by atoms with Gasteiger partial charge in [-0.25, -0.2) is 9.18 Å². The lowest BCUT2D eigenvalue weighted by Crippen LogP contribution is -2.32. The van der Waals surface area contributed by atoms with Crippen LogP contribution in [0.4, 0.5) is 14.9 Å². The first-order valence-corrected chi connectivity index (χ1v) is 7.15. The van der Waals surface area contributed by atoms with Crippen molar-refractivity contribution in [1.82, 2.24) is 10.3 Å². The molecule has 0 aliphatic heterocycles. The summed E-state index contributed by atoms with van der Waals surface area (Å²) in [6.45, 7) is 0. The van der Waals surface area contributed by atoms with Crippen LogP contribution >= 0.6 is 0 Å². The third-order valence-electron chi connectivity index (χ3n) is 3.84. The zero-order chi connectivity index (χ0) is 16.4. The summed E-state index contributed by atoms with van der Waals surface area (Å²) in [4.78, 5) is 27.3. The zero-order valence-corrected chi connectivity index (χ0v) is 12.2. The van der Waals surface area contributed by atoms with Crippen molar-refractivity contribution in [2.75, 3.05) is 5.32 Å². The van der Waals surface area contributed by atoms with Crippen LogP contribution in [0.1, 0.15) is 33.9 Å². The van der Waals surface area contributed by atoms with Gasteiger partial charge in [0.15, 0.2) is 0 Å². The second-order valence-corrected chi connectivity index (χ2v) is 5.28. The molecule has 0 radical (unpaired) electrons. The Bertz CT molecular complexity index is 764. The molecular weight excluding hydrogens is 299 g/mol. The minimum absolute atomic E-state index is 0.306. The van der Waals surface area contributed by atoms with Crippen molar-refractivity contribution in [2.24, 2.45) is 5.73 Å². The van der Waals surface area contributed by atoms with Gasteiger partial charge in [-0.05, 0) is 42.7 Å². The number of urea groups is 1. The minimum Gasteiger partial charge on any atom is -0.366 e. The molecule has 1 aromatic heterocycles. The molecule has 2 aromatic rings. The van der Waals surface area contributed by atoms with Crippen LogP contribution in [0, 0.1) is 5.82 Å². The van der Waals surface area contributed by atoms with Crippen molar-refractivity contribution in [3.63, 3.8) is 0 Å². The first-order chi connectivity index (χ1) is 11.1. The highest BCUT2D eigenvalue weighted by atomic mass is 19.1. The van der Waals surface area contributed by atoms with Crippen molar-refractivity contribution >= 4 is 17.6 Å². The number of amides is 3. The van der Waals surface area contributed by atoms with E-state index in [-0.39, 0.29) is 0 Å². The predicted octanol–water partition coefficient (Wildman–Crippen LogP) is 2.13. The first kappa shape index (κ1) is 15.0. The van der Waals surface area contributed by atoms with Gasteiger partial charge in [0.25, 0.3) is 0 Å². The largest absolute Gasteiger partial charge is 0.366 e. The highest BCUT2D eigenvalue weighted by molar-refractivity contribution is 5.95. The quantitative estimate of drug-likeness (QED) is 0.809. The smallest absolute Gasteiger partial charge is 0.319 e. The number of nitrogens with one attached hydrogen (secondary N) is 2. The van der Waals surface area contributed by atoms with Gasteiger partial charge >= 0.3 is 6.03 Å². The molecule has 23 heavy (non-hydrogen) atoms. The number of carbonyl (C=O) groups is 2. The number of fused-ring (bicyclic) bond motifs is 1. The Morgan fingerprint density at radius 2 is 1.96 bits per heavy atom. The molecule has 1 heterocycles. The summed E-state index contributed by atoms with van der Waals surface area (Å²) < 4.78 is 14.1. The summed E-state index contributed by atoms with van der Waals surface area (Å²) in [5.41, 5.74) is 7.12. The van der Waals surface area contributed by atoms with E-state index in [2.05, 4.69) is 15.6 Å². The maximum Gasteiger partial charge on any atom is 0.319 e. The Morgan fingerprint density at radius 3 is 2.65 bits per heavy atom. The first-order valence-electron chi connectivity index (χ1n) is 7.15. The third kappa shape index (κ3) is 2.98. The average Bonchev–Trinajstić information content (AvgIpc) is 2.92. The van der Waals surface area contributed by atoms with Gasteiger partial charge in [-0.2, -0.15) is 0 Å². The van der Waals surface area contributed by atoms with Gasteiger partial charge in [-0.15, -0.1) is 0 Å². The van der Waals surface area contributed by atoms with E-state index in [4.69, 9.17) is 5.73 Å². The second-order valence-electron chi connectivity index (χ2n) is 5.28. The monoisotopic (exact) mass is 314 g/mol. The molecule has 1 atom stereocenters. The standard InChI is InChI=1S/C16H15FN4O2/c17-12-3-1-11(15(18)22)10-2-4-13(14(10)12)21-16(23)20-9-5-7-19-8-6-9/h1,3,5-8,13H,2,4H2,(H2,18,22)(H2,19,20,21,23). The summed E-state index contributed by atoms with van der Waals surface area (Å²) in [7, 11) is 0. The lowest BCUT2D eigenvalue weighted by Gasteiger charge is -2.16. The minimum atomic E-state index is -0.594. The number of pyridine rings is 1. The van der Waals surface area contributed by atoms with E-state index in [1.807, 2.05) is 0 Å². The Balaban J connectivity index is 1.79. The molecule has 0 bridgehead atoms. The Morgan fingerprint density at radius 1 is 1.22 bits per heavy atom. The number of anilines is 1. The fraction of sp³-hybridized carbons (Fsp3) is 0.188. The Kier molecular flexibility index (Phi) is 3.92. The van der Waals surface area contributed by atoms with Crippen molar-refractivity contribution in [3.05, 3.63) is 59.2 Å². The molecule has 1 aromatic carbocycles. The molecule has 3 amide bonds. The molecule has 4 N–H and O–H groups in total. The number of hydrogen-bond acceptors (Lipinski definition) is 3. The molecule has 3 rings (SSSR count). The number of primary amides is 1. The summed E-state index contributed by atoms with van der Waals surface area (Å²) >= 11 is 0. The van der Waals surface area contributed by atoms with Gasteiger partial charge in [-0.1, -0.05) is 0 Å². The van der Waals surface area contributed by atoms with Crippen LogP contribution in [0.2, 0.25) is 0 Å². The van der Waals surface area contributed by atoms with Crippen LogP contribution in [-0.2, 0) is 6.42 Å². The van der Waals surface area contributed by atoms with Crippen LogP contribution in [0.3, 0.4) is 0 Å². The molecule has 6 nitrogen and oxygen atoms in total. The molecule has 118 valence electrons. The molecule has 1 unspecified atom stereocenters.